The van der Waals surface area contributed by atoms with Gasteiger partial charge in [0.2, 0.25) is 0 Å². The molecule has 0 aliphatic carbocycles. The molecule has 234 valence electrons. The van der Waals surface area contributed by atoms with Crippen molar-refractivity contribution in [3.05, 3.63) is 62.2 Å². The minimum Gasteiger partial charge on any atom is -0.411 e. The number of nitrogen functional groups attached to an aromatic ring is 1. The summed E-state index contributed by atoms with van der Waals surface area (Å²) in [7, 11) is -3.87. The Morgan fingerprint density at radius 3 is 2.33 bits per heavy atom. The van der Waals surface area contributed by atoms with Crippen LogP contribution in [-0.2, 0) is 20.5 Å². The van der Waals surface area contributed by atoms with Crippen LogP contribution in [0.5, 0.6) is 0 Å². The minimum atomic E-state index is -2.12. The van der Waals surface area contributed by atoms with E-state index in [0.29, 0.717) is 17.5 Å². The van der Waals surface area contributed by atoms with E-state index in [9.17, 15) is 14.9 Å². The first-order valence-electron chi connectivity index (χ1n) is 14.7. The number of ether oxygens (including phenoxy) is 2. The number of anilines is 1. The van der Waals surface area contributed by atoms with Gasteiger partial charge in [-0.05, 0) is 42.2 Å². The number of nitro benzene ring substituents is 1. The van der Waals surface area contributed by atoms with Gasteiger partial charge in [0.05, 0.1) is 43.5 Å². The van der Waals surface area contributed by atoms with Crippen molar-refractivity contribution in [2.45, 2.75) is 128 Å². The van der Waals surface area contributed by atoms with E-state index >= 15 is 0 Å². The fraction of sp³-hybridized carbons (Fsp3) is 0.667. The molecule has 0 spiro atoms. The van der Waals surface area contributed by atoms with Gasteiger partial charge in [-0.1, -0.05) is 66.8 Å². The van der Waals surface area contributed by atoms with Crippen LogP contribution in [0.3, 0.4) is 0 Å². The summed E-state index contributed by atoms with van der Waals surface area (Å²) >= 11 is 0. The van der Waals surface area contributed by atoms with Gasteiger partial charge in [0.15, 0.2) is 8.32 Å². The van der Waals surface area contributed by atoms with Crippen molar-refractivity contribution in [3.8, 4) is 0 Å². The lowest BCUT2D eigenvalue weighted by Gasteiger charge is -2.42. The summed E-state index contributed by atoms with van der Waals surface area (Å²) in [5, 5.41) is 11.7. The number of nitro groups is 1. The highest BCUT2D eigenvalue weighted by Gasteiger charge is 2.48. The average molecular weight is 619 g/mol. The van der Waals surface area contributed by atoms with Crippen molar-refractivity contribution >= 4 is 27.9 Å². The molecule has 1 saturated heterocycles. The first-order chi connectivity index (χ1) is 19.1. The number of hydrogen-bond donors (Lipinski definition) is 1. The van der Waals surface area contributed by atoms with Crippen LogP contribution in [0.4, 0.5) is 11.5 Å². The van der Waals surface area contributed by atoms with E-state index in [0.717, 1.165) is 6.04 Å². The summed E-state index contributed by atoms with van der Waals surface area (Å²) in [6.07, 6.45) is 0.761. The zero-order valence-corrected chi connectivity index (χ0v) is 29.2. The standard InChI is InChI=1S/C30H50N4O6Si2/c1-20(22-14-12-13-15-23(22)34(36)37)38-18-21-17-33(28(35)32-27(21)31)26-16-24(40-42(10,11)30(5,6)7)25(39-26)19-41(8,9)29(2,3)4/h12-15,17,20,24-26H,16,18-19H2,1-11H3,(H2,31,32,35)/t20?,24-,25-,26-/m1/s1. The summed E-state index contributed by atoms with van der Waals surface area (Å²) < 4.78 is 21.1. The van der Waals surface area contributed by atoms with Crippen molar-refractivity contribution < 1.29 is 18.8 Å². The quantitative estimate of drug-likeness (QED) is 0.168. The van der Waals surface area contributed by atoms with E-state index in [1.807, 2.05) is 0 Å². The fourth-order valence-electron chi connectivity index (χ4n) is 4.68. The van der Waals surface area contributed by atoms with E-state index in [1.54, 1.807) is 31.3 Å². The fourth-order valence-corrected chi connectivity index (χ4v) is 8.02. The molecular weight excluding hydrogens is 569 g/mol. The minimum absolute atomic E-state index is 0.0130. The number of hydrogen-bond acceptors (Lipinski definition) is 8. The zero-order chi connectivity index (χ0) is 31.8. The Bertz CT molecular complexity index is 1300. The Balaban J connectivity index is 1.89. The number of benzene rings is 1. The van der Waals surface area contributed by atoms with E-state index in [-0.39, 0.29) is 40.4 Å². The molecule has 1 aliphatic rings. The van der Waals surface area contributed by atoms with Crippen molar-refractivity contribution in [1.82, 2.24) is 9.55 Å². The molecule has 10 nitrogen and oxygen atoms in total. The highest BCUT2D eigenvalue weighted by atomic mass is 28.4. The molecule has 1 unspecified atom stereocenters. The molecule has 1 aromatic carbocycles. The number of aromatic nitrogens is 2. The van der Waals surface area contributed by atoms with Crippen LogP contribution < -0.4 is 11.4 Å². The van der Waals surface area contributed by atoms with Crippen LogP contribution >= 0.6 is 0 Å². The highest BCUT2D eigenvalue weighted by Crippen LogP contribution is 2.46. The van der Waals surface area contributed by atoms with Crippen LogP contribution in [0.2, 0.25) is 42.3 Å². The van der Waals surface area contributed by atoms with Gasteiger partial charge in [-0.15, -0.1) is 0 Å². The van der Waals surface area contributed by atoms with Crippen LogP contribution in [-0.4, -0.2) is 43.1 Å². The summed E-state index contributed by atoms with van der Waals surface area (Å²) in [5.74, 6) is 0.0657. The Kier molecular flexibility index (Phi) is 10.00. The first-order valence-corrected chi connectivity index (χ1v) is 20.8. The number of rotatable bonds is 10. The Hall–Kier alpha value is -2.39. The van der Waals surface area contributed by atoms with E-state index in [2.05, 4.69) is 72.7 Å². The van der Waals surface area contributed by atoms with Crippen LogP contribution in [0.1, 0.15) is 78.3 Å². The third kappa shape index (κ3) is 7.57. The molecule has 1 aliphatic heterocycles. The highest BCUT2D eigenvalue weighted by molar-refractivity contribution is 6.80. The molecular formula is C30H50N4O6Si2. The molecule has 12 heteroatoms. The maximum absolute atomic E-state index is 13.1. The van der Waals surface area contributed by atoms with Crippen molar-refractivity contribution in [2.75, 3.05) is 5.73 Å². The molecule has 0 bridgehead atoms. The predicted octanol–water partition coefficient (Wildman–Crippen LogP) is 7.20. The van der Waals surface area contributed by atoms with Crippen LogP contribution in [0, 0.1) is 10.1 Å². The molecule has 2 heterocycles. The molecule has 2 N–H and O–H groups in total. The lowest BCUT2D eigenvalue weighted by atomic mass is 10.1. The summed E-state index contributed by atoms with van der Waals surface area (Å²) in [5.41, 5.74) is 6.61. The smallest absolute Gasteiger partial charge is 0.351 e. The molecule has 1 fully saturated rings. The molecule has 0 amide bonds. The Morgan fingerprint density at radius 1 is 1.14 bits per heavy atom. The second-order valence-corrected chi connectivity index (χ2v) is 25.2. The lowest BCUT2D eigenvalue weighted by Crippen LogP contribution is -2.48. The van der Waals surface area contributed by atoms with Crippen molar-refractivity contribution in [2.24, 2.45) is 0 Å². The summed E-state index contributed by atoms with van der Waals surface area (Å²) in [6, 6.07) is 7.38. The van der Waals surface area contributed by atoms with Gasteiger partial charge in [0, 0.05) is 24.2 Å². The lowest BCUT2D eigenvalue weighted by molar-refractivity contribution is -0.386. The van der Waals surface area contributed by atoms with Crippen molar-refractivity contribution in [3.63, 3.8) is 0 Å². The predicted molar refractivity (Wildman–Crippen MR) is 172 cm³/mol. The third-order valence-corrected chi connectivity index (χ3v) is 19.6. The van der Waals surface area contributed by atoms with Gasteiger partial charge in [-0.3, -0.25) is 14.7 Å². The van der Waals surface area contributed by atoms with E-state index in [4.69, 9.17) is 19.6 Å². The monoisotopic (exact) mass is 618 g/mol. The Morgan fingerprint density at radius 2 is 1.76 bits per heavy atom. The molecule has 2 aromatic rings. The van der Waals surface area contributed by atoms with Gasteiger partial charge < -0.3 is 19.6 Å². The number of nitrogens with two attached hydrogens (primary N) is 1. The van der Waals surface area contributed by atoms with Gasteiger partial charge in [0.25, 0.3) is 5.69 Å². The number of nitrogens with zero attached hydrogens (tertiary/aromatic N) is 3. The number of para-hydroxylation sites is 1. The second-order valence-electron chi connectivity index (χ2n) is 14.7. The molecule has 4 atom stereocenters. The van der Waals surface area contributed by atoms with E-state index in [1.165, 1.54) is 10.6 Å². The van der Waals surface area contributed by atoms with Gasteiger partial charge in [-0.2, -0.15) is 4.98 Å². The topological polar surface area (TPSA) is 132 Å². The molecule has 1 aromatic heterocycles. The molecule has 42 heavy (non-hydrogen) atoms. The Labute approximate surface area is 252 Å². The maximum Gasteiger partial charge on any atom is 0.351 e. The average Bonchev–Trinajstić information content (AvgIpc) is 3.22. The first kappa shape index (κ1) is 34.1. The van der Waals surface area contributed by atoms with Gasteiger partial charge >= 0.3 is 5.69 Å². The van der Waals surface area contributed by atoms with Crippen molar-refractivity contribution in [1.29, 1.82) is 0 Å². The van der Waals surface area contributed by atoms with Gasteiger partial charge in [-0.25, -0.2) is 4.79 Å². The third-order valence-electron chi connectivity index (χ3n) is 9.61. The molecule has 3 rings (SSSR count). The van der Waals surface area contributed by atoms with E-state index < -0.39 is 39.3 Å². The summed E-state index contributed by atoms with van der Waals surface area (Å²) in [4.78, 5) is 28.3. The normalized spacial score (nSPS) is 21.0. The summed E-state index contributed by atoms with van der Waals surface area (Å²) in [6.45, 7) is 24.6. The largest absolute Gasteiger partial charge is 0.411 e. The van der Waals surface area contributed by atoms with Crippen LogP contribution in [0.15, 0.2) is 35.3 Å². The SMILES string of the molecule is CC(OCc1cn([C@H]2C[C@@H](O[Si](C)(C)C(C)(C)C)[C@@H](C[Si](C)(C)C(C)(C)C)O2)c(=O)nc1N)c1ccccc1[N+](=O)[O-]. The van der Waals surface area contributed by atoms with Crippen LogP contribution in [0.25, 0.3) is 0 Å². The second kappa shape index (κ2) is 12.3. The zero-order valence-electron chi connectivity index (χ0n) is 27.2. The van der Waals surface area contributed by atoms with Gasteiger partial charge in [0.1, 0.15) is 12.0 Å². The molecule has 0 radical (unpaired) electrons. The molecule has 0 saturated carbocycles. The maximum atomic E-state index is 13.1.